The number of rotatable bonds is 28. The van der Waals surface area contributed by atoms with Crippen LogP contribution in [0.2, 0.25) is 0 Å². The van der Waals surface area contributed by atoms with E-state index < -0.39 is 84.5 Å². The highest BCUT2D eigenvalue weighted by molar-refractivity contribution is 8.77. The molecular formula is C38H59Cl4F8N5O6P2S5. The van der Waals surface area contributed by atoms with Gasteiger partial charge in [-0.2, -0.15) is 30.2 Å². The standard InChI is InChI=1S/C15H21Cl2F4N2O3PS2.C11H18Cl2N3O2PS2.C9H8F4OS.3CH4/c16-3-5-23(6-4-17)27(22,25)26-7-9-29-28-8-1-2-10-11(18)13(20)15(24)14(21)12(10)19;12-4-7-16(8-5-13)19(14,17)18-9-10-20-21-11-3-1-2-6-15-11;10-5-4(2-1-3-15)6(11)8(13)9(14)7(5)12;;;/h24H,1-9H2,(H2,22,25);1-3,6H,4-5,7-10H2,(H2,14,17);14-15H,1-3H2;3*1H4. The Morgan fingerprint density at radius 1 is 0.603 bits per heavy atom. The Balaban J connectivity index is -0.000000958. The molecule has 0 radical (unpaired) electrons. The number of aromatic nitrogens is 1. The van der Waals surface area contributed by atoms with E-state index in [1.165, 1.54) is 41.7 Å². The summed E-state index contributed by atoms with van der Waals surface area (Å²) >= 11 is 26.4. The van der Waals surface area contributed by atoms with Crippen LogP contribution in [0.3, 0.4) is 0 Å². The fraction of sp³-hybridized carbons (Fsp3) is 0.553. The zero-order chi connectivity index (χ0) is 49.2. The van der Waals surface area contributed by atoms with Gasteiger partial charge in [0.2, 0.25) is 23.3 Å². The fourth-order valence-electron chi connectivity index (χ4n) is 4.69. The first-order chi connectivity index (χ1) is 30.8. The summed E-state index contributed by atoms with van der Waals surface area (Å²) in [6.07, 6.45) is 1.85. The van der Waals surface area contributed by atoms with Crippen molar-refractivity contribution < 1.29 is 63.5 Å². The zero-order valence-electron chi connectivity index (χ0n) is 34.1. The lowest BCUT2D eigenvalue weighted by atomic mass is 10.1. The lowest BCUT2D eigenvalue weighted by molar-refractivity contribution is 0.281. The molecule has 6 N–H and O–H groups in total. The van der Waals surface area contributed by atoms with Gasteiger partial charge in [0.1, 0.15) is 5.03 Å². The highest BCUT2D eigenvalue weighted by Crippen LogP contribution is 2.44. The van der Waals surface area contributed by atoms with Gasteiger partial charge in [-0.15, -0.1) is 46.4 Å². The molecule has 1 heterocycles. The normalized spacial score (nSPS) is 12.7. The van der Waals surface area contributed by atoms with Crippen LogP contribution in [0.25, 0.3) is 0 Å². The van der Waals surface area contributed by atoms with Crippen LogP contribution in [-0.2, 0) is 31.0 Å². The molecule has 1 aromatic heterocycles. The molecule has 0 saturated heterocycles. The molecular weight excluding hydrogens is 1140 g/mol. The van der Waals surface area contributed by atoms with Gasteiger partial charge in [-0.3, -0.25) is 9.13 Å². The number of nitrogens with zero attached hydrogens (tertiary/aromatic N) is 3. The minimum absolute atomic E-state index is 0. The summed E-state index contributed by atoms with van der Waals surface area (Å²) in [7, 11) is -1.01. The number of hydrogen-bond acceptors (Lipinski definition) is 12. The van der Waals surface area contributed by atoms with Gasteiger partial charge in [0.15, 0.2) is 34.8 Å². The monoisotopic (exact) mass is 1200 g/mol. The Labute approximate surface area is 435 Å². The van der Waals surface area contributed by atoms with Crippen molar-refractivity contribution in [2.75, 3.05) is 85.9 Å². The van der Waals surface area contributed by atoms with E-state index in [9.17, 15) is 44.3 Å². The van der Waals surface area contributed by atoms with Crippen LogP contribution in [0.1, 0.15) is 46.2 Å². The van der Waals surface area contributed by atoms with Crippen LogP contribution in [0.5, 0.6) is 11.5 Å². The largest absolute Gasteiger partial charge is 0.503 e. The molecule has 30 heteroatoms. The second-order valence-corrected chi connectivity index (χ2v) is 23.3. The fourth-order valence-corrected chi connectivity index (χ4v) is 12.5. The molecule has 11 nitrogen and oxygen atoms in total. The molecule has 3 rings (SSSR count). The maximum atomic E-state index is 13.6. The number of pyridine rings is 1. The number of hydrogen-bond donors (Lipinski definition) is 5. The smallest absolute Gasteiger partial charge is 0.340 e. The number of alkyl halides is 4. The first kappa shape index (κ1) is 72.0. The van der Waals surface area contributed by atoms with Crippen LogP contribution < -0.4 is 11.0 Å². The van der Waals surface area contributed by atoms with Crippen molar-refractivity contribution in [1.82, 2.24) is 14.3 Å². The lowest BCUT2D eigenvalue weighted by Crippen LogP contribution is -2.29. The van der Waals surface area contributed by atoms with Crippen LogP contribution in [0.4, 0.5) is 35.1 Å². The molecule has 0 aliphatic heterocycles. The second kappa shape index (κ2) is 39.3. The van der Waals surface area contributed by atoms with Crippen molar-refractivity contribution in [3.05, 3.63) is 82.1 Å². The van der Waals surface area contributed by atoms with E-state index in [1.54, 1.807) is 17.0 Å². The van der Waals surface area contributed by atoms with Crippen molar-refractivity contribution in [3.63, 3.8) is 0 Å². The topological polar surface area (TPSA) is 164 Å². The first-order valence-corrected chi connectivity index (χ1v) is 29.6. The molecule has 0 saturated carbocycles. The van der Waals surface area contributed by atoms with E-state index >= 15 is 0 Å². The summed E-state index contributed by atoms with van der Waals surface area (Å²) in [6.45, 7) is 1.71. The molecule has 0 amide bonds. The molecule has 0 fully saturated rings. The molecule has 0 aliphatic carbocycles. The van der Waals surface area contributed by atoms with Gasteiger partial charge >= 0.3 is 15.3 Å². The molecule has 2 unspecified atom stereocenters. The third kappa shape index (κ3) is 25.1. The molecule has 68 heavy (non-hydrogen) atoms. The minimum atomic E-state index is -3.49. The van der Waals surface area contributed by atoms with E-state index in [0.717, 1.165) is 5.03 Å². The van der Waals surface area contributed by atoms with Crippen molar-refractivity contribution in [2.45, 2.75) is 53.0 Å². The SMILES string of the molecule is C.C.C.NP(=O)(OCCSSCCCc1c(F)c(F)c(O)c(F)c1F)N(CCCl)CCCl.NP(=O)(OCCSSc1ccccn1)N(CCCl)CCCl.Oc1c(F)c(F)c(CCCS)c(F)c1F. The molecule has 396 valence electrons. The highest BCUT2D eigenvalue weighted by atomic mass is 35.5. The van der Waals surface area contributed by atoms with Crippen LogP contribution >= 0.6 is 118 Å². The highest BCUT2D eigenvalue weighted by Gasteiger charge is 2.28. The van der Waals surface area contributed by atoms with Crippen LogP contribution in [0.15, 0.2) is 29.4 Å². The van der Waals surface area contributed by atoms with E-state index in [4.69, 9.17) is 76.7 Å². The summed E-state index contributed by atoms with van der Waals surface area (Å²) in [6, 6.07) is 5.72. The summed E-state index contributed by atoms with van der Waals surface area (Å²) in [5.74, 6) is -13.8. The number of aromatic hydroxyl groups is 2. The van der Waals surface area contributed by atoms with Gasteiger partial charge in [-0.05, 0) is 54.4 Å². The van der Waals surface area contributed by atoms with E-state index in [1.807, 2.05) is 18.2 Å². The van der Waals surface area contributed by atoms with Gasteiger partial charge in [0.05, 0.1) is 13.2 Å². The van der Waals surface area contributed by atoms with Crippen LogP contribution in [-0.4, -0.2) is 110 Å². The predicted molar refractivity (Wildman–Crippen MR) is 276 cm³/mol. The molecule has 0 spiro atoms. The third-order valence-electron chi connectivity index (χ3n) is 7.81. The molecule has 2 aromatic carbocycles. The predicted octanol–water partition coefficient (Wildman–Crippen LogP) is 13.5. The quantitative estimate of drug-likeness (QED) is 0.00887. The number of phenolic OH excluding ortho intramolecular Hbond substituents is 2. The average Bonchev–Trinajstić information content (AvgIpc) is 3.28. The average molecular weight is 1200 g/mol. The Morgan fingerprint density at radius 2 is 0.971 bits per heavy atom. The number of halogens is 12. The molecule has 0 aliphatic rings. The number of thiol groups is 1. The number of phenols is 2. The van der Waals surface area contributed by atoms with Gasteiger partial charge in [0.25, 0.3) is 0 Å². The summed E-state index contributed by atoms with van der Waals surface area (Å²) in [4.78, 5) is 4.19. The number of benzene rings is 2. The van der Waals surface area contributed by atoms with Gasteiger partial charge in [-0.25, -0.2) is 42.9 Å². The Kier molecular flexibility index (Phi) is 41.6. The first-order valence-electron chi connectivity index (χ1n) is 18.7. The number of nitrogens with two attached hydrogens (primary N) is 2. The Hall–Kier alpha value is -0.240. The molecule has 2 atom stereocenters. The maximum Gasteiger partial charge on any atom is 0.340 e. The van der Waals surface area contributed by atoms with E-state index in [2.05, 4.69) is 17.6 Å². The van der Waals surface area contributed by atoms with Gasteiger partial charge in [-0.1, -0.05) is 60.7 Å². The maximum absolute atomic E-state index is 13.6. The van der Waals surface area contributed by atoms with Crippen molar-refractivity contribution in [3.8, 4) is 11.5 Å². The summed E-state index contributed by atoms with van der Waals surface area (Å²) in [5, 5.41) is 18.5. The second-order valence-electron chi connectivity index (χ2n) is 12.3. The van der Waals surface area contributed by atoms with E-state index in [-0.39, 0.29) is 79.4 Å². The van der Waals surface area contributed by atoms with Crippen molar-refractivity contribution in [2.24, 2.45) is 11.0 Å². The van der Waals surface area contributed by atoms with Gasteiger partial charge in [0, 0.05) is 84.3 Å². The van der Waals surface area contributed by atoms with Crippen molar-refractivity contribution >= 4 is 118 Å². The Bertz CT molecular complexity index is 1920. The van der Waals surface area contributed by atoms with Gasteiger partial charge < -0.3 is 19.3 Å². The Morgan fingerprint density at radius 3 is 1.32 bits per heavy atom. The molecule has 0 bridgehead atoms. The zero-order valence-corrected chi connectivity index (χ0v) is 43.0. The minimum Gasteiger partial charge on any atom is -0.503 e. The van der Waals surface area contributed by atoms with Crippen molar-refractivity contribution in [1.29, 1.82) is 0 Å². The third-order valence-corrected chi connectivity index (χ3v) is 17.0. The summed E-state index contributed by atoms with van der Waals surface area (Å²) < 4.78 is 144. The lowest BCUT2D eigenvalue weighted by Gasteiger charge is -2.26. The van der Waals surface area contributed by atoms with Crippen LogP contribution in [0, 0.1) is 46.5 Å². The molecule has 3 aromatic rings. The summed E-state index contributed by atoms with van der Waals surface area (Å²) in [5.41, 5.74) is 10.0. The van der Waals surface area contributed by atoms with E-state index in [0.29, 0.717) is 54.5 Å².